The number of halogens is 2. The monoisotopic (exact) mass is 268 g/mol. The third kappa shape index (κ3) is 2.91. The van der Waals surface area contributed by atoms with Crippen molar-refractivity contribution in [3.05, 3.63) is 51.5 Å². The minimum Gasteiger partial charge on any atom is -0.304 e. The van der Waals surface area contributed by atoms with Crippen LogP contribution in [0, 0.1) is 18.6 Å². The van der Waals surface area contributed by atoms with Gasteiger partial charge in [-0.3, -0.25) is 0 Å². The minimum absolute atomic E-state index is 0.0253. The third-order valence-electron chi connectivity index (χ3n) is 2.65. The second-order valence-electron chi connectivity index (χ2n) is 4.13. The van der Waals surface area contributed by atoms with Crippen molar-refractivity contribution in [3.8, 4) is 0 Å². The molecule has 0 saturated heterocycles. The first-order valence-corrected chi connectivity index (χ1v) is 6.54. The quantitative estimate of drug-likeness (QED) is 0.916. The number of benzene rings is 1. The predicted octanol–water partition coefficient (Wildman–Crippen LogP) is 3.58. The lowest BCUT2D eigenvalue weighted by molar-refractivity contribution is 0.508. The van der Waals surface area contributed by atoms with Crippen LogP contribution in [0.15, 0.2) is 23.6 Å². The first-order valence-electron chi connectivity index (χ1n) is 5.66. The lowest BCUT2D eigenvalue weighted by atomic mass is 10.2. The molecule has 1 aromatic carbocycles. The Kier molecular flexibility index (Phi) is 4.04. The molecule has 5 heteroatoms. The molecule has 0 fully saturated rings. The molecule has 0 aliphatic rings. The topological polar surface area (TPSA) is 24.9 Å². The van der Waals surface area contributed by atoms with E-state index in [0.717, 1.165) is 10.7 Å². The molecule has 0 spiro atoms. The van der Waals surface area contributed by atoms with E-state index in [1.807, 2.05) is 19.2 Å². The van der Waals surface area contributed by atoms with Crippen LogP contribution in [-0.4, -0.2) is 4.98 Å². The summed E-state index contributed by atoms with van der Waals surface area (Å²) in [4.78, 5) is 4.34. The summed E-state index contributed by atoms with van der Waals surface area (Å²) in [6.45, 7) is 4.00. The van der Waals surface area contributed by atoms with Crippen molar-refractivity contribution < 1.29 is 8.78 Å². The number of hydrogen-bond acceptors (Lipinski definition) is 3. The van der Waals surface area contributed by atoms with Crippen molar-refractivity contribution in [2.75, 3.05) is 0 Å². The average Bonchev–Trinajstić information content (AvgIpc) is 2.75. The molecule has 1 heterocycles. The number of thiazole rings is 1. The maximum absolute atomic E-state index is 13.4. The first-order chi connectivity index (χ1) is 8.58. The number of nitrogens with zero attached hydrogens (tertiary/aromatic N) is 1. The number of aromatic nitrogens is 1. The molecule has 96 valence electrons. The highest BCUT2D eigenvalue weighted by Gasteiger charge is 2.12. The van der Waals surface area contributed by atoms with Crippen molar-refractivity contribution in [2.45, 2.75) is 26.4 Å². The summed E-state index contributed by atoms with van der Waals surface area (Å²) < 4.78 is 26.8. The summed E-state index contributed by atoms with van der Waals surface area (Å²) in [5, 5.41) is 5.95. The van der Waals surface area contributed by atoms with Crippen LogP contribution in [0.3, 0.4) is 0 Å². The maximum atomic E-state index is 13.4. The van der Waals surface area contributed by atoms with E-state index >= 15 is 0 Å². The Morgan fingerprint density at radius 2 is 2.00 bits per heavy atom. The molecule has 0 bridgehead atoms. The van der Waals surface area contributed by atoms with E-state index in [9.17, 15) is 8.78 Å². The Balaban J connectivity index is 2.03. The summed E-state index contributed by atoms with van der Waals surface area (Å²) in [6, 6.07) is 3.86. The van der Waals surface area contributed by atoms with E-state index in [1.54, 1.807) is 11.3 Å². The fourth-order valence-electron chi connectivity index (χ4n) is 1.61. The molecule has 0 radical (unpaired) electrons. The van der Waals surface area contributed by atoms with E-state index in [-0.39, 0.29) is 18.2 Å². The van der Waals surface area contributed by atoms with Gasteiger partial charge in [-0.25, -0.2) is 13.8 Å². The van der Waals surface area contributed by atoms with Crippen LogP contribution in [0.1, 0.15) is 29.2 Å². The normalized spacial score (nSPS) is 12.7. The van der Waals surface area contributed by atoms with E-state index < -0.39 is 11.6 Å². The zero-order chi connectivity index (χ0) is 13.1. The number of nitrogens with one attached hydrogen (secondary N) is 1. The molecule has 0 saturated carbocycles. The standard InChI is InChI=1S/C13H14F2N2S/c1-8-7-18-13(17-8)9(2)16-6-10-11(14)4-3-5-12(10)15/h3-5,7,9,16H,6H2,1-2H3. The summed E-state index contributed by atoms with van der Waals surface area (Å²) in [6.07, 6.45) is 0. The first kappa shape index (κ1) is 13.1. The zero-order valence-corrected chi connectivity index (χ0v) is 11.0. The zero-order valence-electron chi connectivity index (χ0n) is 10.2. The van der Waals surface area contributed by atoms with Crippen LogP contribution >= 0.6 is 11.3 Å². The number of rotatable bonds is 4. The highest BCUT2D eigenvalue weighted by atomic mass is 32.1. The summed E-state index contributed by atoms with van der Waals surface area (Å²) >= 11 is 1.54. The fraction of sp³-hybridized carbons (Fsp3) is 0.308. The van der Waals surface area contributed by atoms with Crippen molar-refractivity contribution in [3.63, 3.8) is 0 Å². The number of hydrogen-bond donors (Lipinski definition) is 1. The van der Waals surface area contributed by atoms with Crippen molar-refractivity contribution in [1.29, 1.82) is 0 Å². The van der Waals surface area contributed by atoms with Gasteiger partial charge in [0.1, 0.15) is 16.6 Å². The van der Waals surface area contributed by atoms with Crippen LogP contribution < -0.4 is 5.32 Å². The van der Waals surface area contributed by atoms with Crippen LogP contribution in [0.5, 0.6) is 0 Å². The average molecular weight is 268 g/mol. The third-order valence-corrected chi connectivity index (χ3v) is 3.80. The smallest absolute Gasteiger partial charge is 0.130 e. The van der Waals surface area contributed by atoms with Gasteiger partial charge < -0.3 is 5.32 Å². The molecule has 2 rings (SSSR count). The van der Waals surface area contributed by atoms with E-state index in [0.29, 0.717) is 0 Å². The molecular weight excluding hydrogens is 254 g/mol. The van der Waals surface area contributed by atoms with Crippen LogP contribution in [0.2, 0.25) is 0 Å². The summed E-state index contributed by atoms with van der Waals surface area (Å²) in [5.41, 5.74) is 1.03. The highest BCUT2D eigenvalue weighted by molar-refractivity contribution is 7.09. The molecule has 18 heavy (non-hydrogen) atoms. The molecule has 1 aromatic heterocycles. The maximum Gasteiger partial charge on any atom is 0.130 e. The van der Waals surface area contributed by atoms with Gasteiger partial charge in [0.25, 0.3) is 0 Å². The van der Waals surface area contributed by atoms with E-state index in [1.165, 1.54) is 18.2 Å². The summed E-state index contributed by atoms with van der Waals surface area (Å²) in [5.74, 6) is -1.05. The van der Waals surface area contributed by atoms with E-state index in [2.05, 4.69) is 10.3 Å². The number of aryl methyl sites for hydroxylation is 1. The van der Waals surface area contributed by atoms with Crippen LogP contribution in [0.4, 0.5) is 8.78 Å². The molecule has 1 N–H and O–H groups in total. The van der Waals surface area contributed by atoms with Crippen LogP contribution in [-0.2, 0) is 6.54 Å². The summed E-state index contributed by atoms with van der Waals surface area (Å²) in [7, 11) is 0. The Morgan fingerprint density at radius 1 is 1.33 bits per heavy atom. The Bertz CT molecular complexity index is 519. The van der Waals surface area contributed by atoms with Gasteiger partial charge >= 0.3 is 0 Å². The second-order valence-corrected chi connectivity index (χ2v) is 5.02. The molecule has 0 amide bonds. The lowest BCUT2D eigenvalue weighted by Gasteiger charge is -2.12. The SMILES string of the molecule is Cc1csc(C(C)NCc2c(F)cccc2F)n1. The van der Waals surface area contributed by atoms with Gasteiger partial charge in [0.15, 0.2) is 0 Å². The molecule has 1 unspecified atom stereocenters. The van der Waals surface area contributed by atoms with Gasteiger partial charge in [0.05, 0.1) is 6.04 Å². The van der Waals surface area contributed by atoms with Gasteiger partial charge in [-0.1, -0.05) is 6.07 Å². The molecular formula is C13H14F2N2S. The Labute approximate surface area is 109 Å². The molecule has 2 nitrogen and oxygen atoms in total. The molecule has 1 atom stereocenters. The van der Waals surface area contributed by atoms with Gasteiger partial charge in [-0.2, -0.15) is 0 Å². The fourth-order valence-corrected chi connectivity index (χ4v) is 2.44. The van der Waals surface area contributed by atoms with Gasteiger partial charge in [0, 0.05) is 23.2 Å². The molecule has 0 aliphatic heterocycles. The van der Waals surface area contributed by atoms with E-state index in [4.69, 9.17) is 0 Å². The highest BCUT2D eigenvalue weighted by Crippen LogP contribution is 2.19. The van der Waals surface area contributed by atoms with Gasteiger partial charge in [-0.05, 0) is 26.0 Å². The Morgan fingerprint density at radius 3 is 2.56 bits per heavy atom. The van der Waals surface area contributed by atoms with Gasteiger partial charge in [0.2, 0.25) is 0 Å². The molecule has 0 aliphatic carbocycles. The van der Waals surface area contributed by atoms with Crippen LogP contribution in [0.25, 0.3) is 0 Å². The second kappa shape index (κ2) is 5.54. The predicted molar refractivity (Wildman–Crippen MR) is 68.5 cm³/mol. The largest absolute Gasteiger partial charge is 0.304 e. The Hall–Kier alpha value is -1.33. The van der Waals surface area contributed by atoms with Crippen molar-refractivity contribution >= 4 is 11.3 Å². The van der Waals surface area contributed by atoms with Crippen molar-refractivity contribution in [2.24, 2.45) is 0 Å². The van der Waals surface area contributed by atoms with Gasteiger partial charge in [-0.15, -0.1) is 11.3 Å². The molecule has 2 aromatic rings. The van der Waals surface area contributed by atoms with Crippen molar-refractivity contribution in [1.82, 2.24) is 10.3 Å². The lowest BCUT2D eigenvalue weighted by Crippen LogP contribution is -2.19. The minimum atomic E-state index is -0.523.